The highest BCUT2D eigenvalue weighted by atomic mass is 19.1. The number of nitrogens with zero attached hydrogens (tertiary/aromatic N) is 2. The Labute approximate surface area is 152 Å². The lowest BCUT2D eigenvalue weighted by atomic mass is 10.1. The van der Waals surface area contributed by atoms with Gasteiger partial charge < -0.3 is 15.1 Å². The largest absolute Gasteiger partial charge is 0.377 e. The number of nitrogens with one attached hydrogen (secondary N) is 1. The number of amides is 2. The average molecular weight is 355 g/mol. The summed E-state index contributed by atoms with van der Waals surface area (Å²) >= 11 is 0. The van der Waals surface area contributed by atoms with Crippen LogP contribution in [0.25, 0.3) is 0 Å². The fourth-order valence-electron chi connectivity index (χ4n) is 3.11. The first-order valence-corrected chi connectivity index (χ1v) is 8.64. The van der Waals surface area contributed by atoms with E-state index in [9.17, 15) is 14.0 Å². The van der Waals surface area contributed by atoms with Gasteiger partial charge in [-0.2, -0.15) is 0 Å². The Morgan fingerprint density at radius 1 is 1.04 bits per heavy atom. The van der Waals surface area contributed by atoms with E-state index in [1.807, 2.05) is 23.9 Å². The van der Waals surface area contributed by atoms with Crippen LogP contribution in [0, 0.1) is 5.82 Å². The van der Waals surface area contributed by atoms with Crippen LogP contribution >= 0.6 is 0 Å². The Bertz CT molecular complexity index is 830. The van der Waals surface area contributed by atoms with Crippen molar-refractivity contribution in [1.29, 1.82) is 0 Å². The molecule has 3 rings (SSSR count). The normalized spacial score (nSPS) is 13.6. The third-order valence-electron chi connectivity index (χ3n) is 4.48. The van der Waals surface area contributed by atoms with Gasteiger partial charge in [-0.3, -0.25) is 9.59 Å². The second-order valence-electron chi connectivity index (χ2n) is 6.56. The zero-order chi connectivity index (χ0) is 18.7. The smallest absolute Gasteiger partial charge is 0.258 e. The molecule has 1 aliphatic rings. The molecule has 0 radical (unpaired) electrons. The van der Waals surface area contributed by atoms with Crippen LogP contribution in [-0.2, 0) is 0 Å². The van der Waals surface area contributed by atoms with Gasteiger partial charge in [0, 0.05) is 38.6 Å². The maximum Gasteiger partial charge on any atom is 0.258 e. The van der Waals surface area contributed by atoms with E-state index in [4.69, 9.17) is 0 Å². The van der Waals surface area contributed by atoms with Crippen molar-refractivity contribution in [2.24, 2.45) is 0 Å². The molecule has 0 spiro atoms. The molecule has 1 N–H and O–H groups in total. The van der Waals surface area contributed by atoms with Crippen molar-refractivity contribution in [1.82, 2.24) is 4.90 Å². The molecule has 6 heteroatoms. The maximum atomic E-state index is 13.8. The average Bonchev–Trinajstić information content (AvgIpc) is 3.15. The van der Waals surface area contributed by atoms with Gasteiger partial charge >= 0.3 is 0 Å². The number of likely N-dealkylation sites (tertiary alicyclic amines) is 1. The highest BCUT2D eigenvalue weighted by Gasteiger charge is 2.23. The van der Waals surface area contributed by atoms with Gasteiger partial charge in [-0.15, -0.1) is 0 Å². The molecule has 2 aromatic carbocycles. The number of hydrogen-bond acceptors (Lipinski definition) is 3. The molecule has 0 aromatic heterocycles. The van der Waals surface area contributed by atoms with Crippen molar-refractivity contribution in [2.75, 3.05) is 37.4 Å². The number of anilines is 2. The van der Waals surface area contributed by atoms with Crippen molar-refractivity contribution >= 4 is 23.2 Å². The number of carbonyl (C=O) groups is 2. The summed E-state index contributed by atoms with van der Waals surface area (Å²) in [5.41, 5.74) is 1.75. The van der Waals surface area contributed by atoms with Crippen LogP contribution in [0.2, 0.25) is 0 Å². The first-order chi connectivity index (χ1) is 12.5. The molecule has 2 amide bonds. The van der Waals surface area contributed by atoms with Crippen molar-refractivity contribution in [3.05, 3.63) is 59.4 Å². The van der Waals surface area contributed by atoms with E-state index in [1.165, 1.54) is 18.2 Å². The third-order valence-corrected chi connectivity index (χ3v) is 4.48. The van der Waals surface area contributed by atoms with E-state index in [0.717, 1.165) is 31.6 Å². The summed E-state index contributed by atoms with van der Waals surface area (Å²) in [6.07, 6.45) is 2.01. The zero-order valence-electron chi connectivity index (χ0n) is 15.0. The van der Waals surface area contributed by atoms with E-state index >= 15 is 0 Å². The minimum Gasteiger partial charge on any atom is -0.377 e. The second kappa shape index (κ2) is 7.56. The minimum absolute atomic E-state index is 0.0309. The highest BCUT2D eigenvalue weighted by Crippen LogP contribution is 2.26. The number of halogens is 1. The lowest BCUT2D eigenvalue weighted by Crippen LogP contribution is -2.29. The predicted octanol–water partition coefficient (Wildman–Crippen LogP) is 3.38. The van der Waals surface area contributed by atoms with E-state index < -0.39 is 11.7 Å². The molecule has 0 atom stereocenters. The summed E-state index contributed by atoms with van der Waals surface area (Å²) in [6.45, 7) is 1.50. The molecule has 2 aromatic rings. The molecule has 0 bridgehead atoms. The number of benzene rings is 2. The Morgan fingerprint density at radius 3 is 2.38 bits per heavy atom. The van der Waals surface area contributed by atoms with Gasteiger partial charge in [0.05, 0.1) is 11.1 Å². The molecular weight excluding hydrogens is 333 g/mol. The molecular formula is C20H22FN3O2. The van der Waals surface area contributed by atoms with Gasteiger partial charge in [-0.1, -0.05) is 12.1 Å². The Morgan fingerprint density at radius 2 is 1.73 bits per heavy atom. The van der Waals surface area contributed by atoms with Crippen molar-refractivity contribution in [3.63, 3.8) is 0 Å². The van der Waals surface area contributed by atoms with E-state index in [1.54, 1.807) is 24.3 Å². The Hall–Kier alpha value is -2.89. The number of rotatable bonds is 4. The van der Waals surface area contributed by atoms with Crippen molar-refractivity contribution in [2.45, 2.75) is 12.8 Å². The van der Waals surface area contributed by atoms with Gasteiger partial charge in [0.25, 0.3) is 11.8 Å². The van der Waals surface area contributed by atoms with Gasteiger partial charge in [0.1, 0.15) is 5.82 Å². The maximum absolute atomic E-state index is 13.8. The van der Waals surface area contributed by atoms with Crippen LogP contribution in [0.5, 0.6) is 0 Å². The van der Waals surface area contributed by atoms with Crippen LogP contribution in [0.1, 0.15) is 33.6 Å². The van der Waals surface area contributed by atoms with E-state index in [0.29, 0.717) is 11.3 Å². The first kappa shape index (κ1) is 17.9. The van der Waals surface area contributed by atoms with Crippen LogP contribution in [0.15, 0.2) is 42.5 Å². The van der Waals surface area contributed by atoms with Crippen LogP contribution < -0.4 is 10.2 Å². The fourth-order valence-corrected chi connectivity index (χ4v) is 3.11. The van der Waals surface area contributed by atoms with Gasteiger partial charge in [-0.25, -0.2) is 4.39 Å². The molecule has 1 fully saturated rings. The minimum atomic E-state index is -0.580. The van der Waals surface area contributed by atoms with Crippen LogP contribution in [0.3, 0.4) is 0 Å². The molecule has 0 unspecified atom stereocenters. The lowest BCUT2D eigenvalue weighted by Gasteiger charge is -2.22. The molecule has 0 saturated carbocycles. The Kier molecular flexibility index (Phi) is 5.21. The fraction of sp³-hybridized carbons (Fsp3) is 0.300. The second-order valence-corrected chi connectivity index (χ2v) is 6.56. The monoisotopic (exact) mass is 355 g/mol. The standard InChI is InChI=1S/C20H22FN3O2/c1-23(2)18-10-9-14(13-16(18)20(26)24-11-5-6-12-24)22-19(25)15-7-3-4-8-17(15)21/h3-4,7-10,13H,5-6,11-12H2,1-2H3,(H,22,25). The quantitative estimate of drug-likeness (QED) is 0.915. The summed E-state index contributed by atoms with van der Waals surface area (Å²) in [7, 11) is 3.74. The van der Waals surface area contributed by atoms with Gasteiger partial charge in [0.15, 0.2) is 0 Å². The van der Waals surface area contributed by atoms with Crippen LogP contribution in [-0.4, -0.2) is 43.9 Å². The summed E-state index contributed by atoms with van der Waals surface area (Å²) < 4.78 is 13.8. The molecule has 26 heavy (non-hydrogen) atoms. The molecule has 136 valence electrons. The molecule has 1 aliphatic heterocycles. The summed E-state index contributed by atoms with van der Waals surface area (Å²) in [5.74, 6) is -1.17. The van der Waals surface area contributed by atoms with Gasteiger partial charge in [0.2, 0.25) is 0 Å². The zero-order valence-corrected chi connectivity index (χ0v) is 15.0. The lowest BCUT2D eigenvalue weighted by molar-refractivity contribution is 0.0793. The van der Waals surface area contributed by atoms with Crippen LogP contribution in [0.4, 0.5) is 15.8 Å². The third kappa shape index (κ3) is 3.69. The summed E-state index contributed by atoms with van der Waals surface area (Å²) in [6, 6.07) is 11.0. The van der Waals surface area contributed by atoms with Crippen molar-refractivity contribution < 1.29 is 14.0 Å². The van der Waals surface area contributed by atoms with E-state index in [-0.39, 0.29) is 11.5 Å². The summed E-state index contributed by atoms with van der Waals surface area (Å²) in [4.78, 5) is 28.9. The first-order valence-electron chi connectivity index (χ1n) is 8.64. The highest BCUT2D eigenvalue weighted by molar-refractivity contribution is 6.06. The number of hydrogen-bond donors (Lipinski definition) is 1. The molecule has 1 heterocycles. The molecule has 0 aliphatic carbocycles. The van der Waals surface area contributed by atoms with E-state index in [2.05, 4.69) is 5.32 Å². The molecule has 1 saturated heterocycles. The Balaban J connectivity index is 1.89. The molecule has 5 nitrogen and oxygen atoms in total. The number of carbonyl (C=O) groups excluding carboxylic acids is 2. The topological polar surface area (TPSA) is 52.7 Å². The SMILES string of the molecule is CN(C)c1ccc(NC(=O)c2ccccc2F)cc1C(=O)N1CCCC1. The predicted molar refractivity (Wildman–Crippen MR) is 100 cm³/mol. The summed E-state index contributed by atoms with van der Waals surface area (Å²) in [5, 5.41) is 2.68. The van der Waals surface area contributed by atoms with Crippen molar-refractivity contribution in [3.8, 4) is 0 Å². The van der Waals surface area contributed by atoms with Gasteiger partial charge in [-0.05, 0) is 43.2 Å².